The summed E-state index contributed by atoms with van der Waals surface area (Å²) in [4.78, 5) is 23.2. The van der Waals surface area contributed by atoms with E-state index in [4.69, 9.17) is 5.11 Å². The maximum absolute atomic E-state index is 12.5. The van der Waals surface area contributed by atoms with Gasteiger partial charge in [-0.2, -0.15) is 13.2 Å². The number of carbonyl (C=O) groups excluding carboxylic acids is 1. The molecular weight excluding hydrogens is 311 g/mol. The maximum atomic E-state index is 12.5. The monoisotopic (exact) mass is 329 g/mol. The number of aliphatic carboxylic acids is 1. The Kier molecular flexibility index (Phi) is 4.68. The summed E-state index contributed by atoms with van der Waals surface area (Å²) in [6.07, 6.45) is -3.87. The van der Waals surface area contributed by atoms with Crippen LogP contribution < -0.4 is 5.32 Å². The van der Waals surface area contributed by atoms with Gasteiger partial charge in [-0.15, -0.1) is 0 Å². The van der Waals surface area contributed by atoms with Crippen LogP contribution in [0.25, 0.3) is 0 Å². The first-order valence-electron chi connectivity index (χ1n) is 7.31. The van der Waals surface area contributed by atoms with Crippen molar-refractivity contribution >= 4 is 11.9 Å². The van der Waals surface area contributed by atoms with E-state index in [1.807, 2.05) is 0 Å². The van der Waals surface area contributed by atoms with Crippen molar-refractivity contribution in [1.82, 2.24) is 5.32 Å². The van der Waals surface area contributed by atoms with E-state index in [1.165, 1.54) is 12.1 Å². The molecule has 2 N–H and O–H groups in total. The van der Waals surface area contributed by atoms with Crippen molar-refractivity contribution in [3.8, 4) is 0 Å². The zero-order chi connectivity index (χ0) is 17.4. The summed E-state index contributed by atoms with van der Waals surface area (Å²) in [7, 11) is 0. The van der Waals surface area contributed by atoms with Crippen molar-refractivity contribution in [2.24, 2.45) is 11.8 Å². The van der Waals surface area contributed by atoms with E-state index >= 15 is 0 Å². The fourth-order valence-electron chi connectivity index (χ4n) is 2.55. The Morgan fingerprint density at radius 3 is 2.22 bits per heavy atom. The van der Waals surface area contributed by atoms with Crippen molar-refractivity contribution in [1.29, 1.82) is 0 Å². The third-order valence-corrected chi connectivity index (χ3v) is 4.02. The quantitative estimate of drug-likeness (QED) is 0.872. The number of rotatable bonds is 5. The second kappa shape index (κ2) is 6.22. The van der Waals surface area contributed by atoms with Crippen LogP contribution in [0, 0.1) is 11.8 Å². The third-order valence-electron chi connectivity index (χ3n) is 4.02. The topological polar surface area (TPSA) is 66.4 Å². The highest BCUT2D eigenvalue weighted by atomic mass is 19.4. The number of benzene rings is 1. The largest absolute Gasteiger partial charge is 0.480 e. The van der Waals surface area contributed by atoms with Gasteiger partial charge in [0.25, 0.3) is 0 Å². The van der Waals surface area contributed by atoms with Gasteiger partial charge in [-0.1, -0.05) is 26.0 Å². The summed E-state index contributed by atoms with van der Waals surface area (Å²) in [5.41, 5.74) is -0.0665. The predicted octanol–water partition coefficient (Wildman–Crippen LogP) is 3.03. The summed E-state index contributed by atoms with van der Waals surface area (Å²) in [5.74, 6) is -2.25. The number of nitrogens with one attached hydrogen (secondary N) is 1. The van der Waals surface area contributed by atoms with E-state index in [0.717, 1.165) is 12.1 Å². The van der Waals surface area contributed by atoms with Crippen molar-refractivity contribution in [2.45, 2.75) is 38.4 Å². The molecule has 0 spiro atoms. The van der Waals surface area contributed by atoms with Crippen LogP contribution in [-0.4, -0.2) is 23.0 Å². The Morgan fingerprint density at radius 2 is 1.78 bits per heavy atom. The zero-order valence-corrected chi connectivity index (χ0v) is 12.7. The molecule has 23 heavy (non-hydrogen) atoms. The van der Waals surface area contributed by atoms with Crippen molar-refractivity contribution in [3.05, 3.63) is 35.4 Å². The first-order chi connectivity index (χ1) is 10.6. The molecule has 7 heteroatoms. The Bertz CT molecular complexity index is 596. The van der Waals surface area contributed by atoms with Crippen molar-refractivity contribution in [2.75, 3.05) is 0 Å². The molecule has 0 heterocycles. The van der Waals surface area contributed by atoms with Gasteiger partial charge in [-0.3, -0.25) is 4.79 Å². The average Bonchev–Trinajstić information content (AvgIpc) is 3.23. The van der Waals surface area contributed by atoms with Crippen LogP contribution >= 0.6 is 0 Å². The fourth-order valence-corrected chi connectivity index (χ4v) is 2.55. The number of hydrogen-bond acceptors (Lipinski definition) is 2. The minimum atomic E-state index is -4.38. The molecule has 2 rings (SSSR count). The number of halogens is 3. The minimum absolute atomic E-state index is 0.154. The summed E-state index contributed by atoms with van der Waals surface area (Å²) < 4.78 is 37.5. The first kappa shape index (κ1) is 17.3. The highest BCUT2D eigenvalue weighted by Crippen LogP contribution is 2.48. The van der Waals surface area contributed by atoms with E-state index in [9.17, 15) is 22.8 Å². The molecule has 4 nitrogen and oxygen atoms in total. The number of carboxylic acid groups (broad SMARTS) is 1. The van der Waals surface area contributed by atoms with E-state index in [2.05, 4.69) is 5.32 Å². The summed E-state index contributed by atoms with van der Waals surface area (Å²) >= 11 is 0. The molecular formula is C16H18F3NO3. The second-order valence-corrected chi connectivity index (χ2v) is 6.14. The Morgan fingerprint density at radius 1 is 1.22 bits per heavy atom. The molecule has 0 radical (unpaired) electrons. The summed E-state index contributed by atoms with van der Waals surface area (Å²) in [6.45, 7) is 3.39. The van der Waals surface area contributed by atoms with Gasteiger partial charge in [-0.25, -0.2) is 4.79 Å². The van der Waals surface area contributed by atoms with Crippen LogP contribution in [0.2, 0.25) is 0 Å². The van der Waals surface area contributed by atoms with Gasteiger partial charge in [0.15, 0.2) is 0 Å². The highest BCUT2D eigenvalue weighted by Gasteiger charge is 2.45. The molecule has 1 amide bonds. The minimum Gasteiger partial charge on any atom is -0.480 e. The summed E-state index contributed by atoms with van der Waals surface area (Å²) in [5, 5.41) is 11.6. The lowest BCUT2D eigenvalue weighted by Gasteiger charge is -2.17. The van der Waals surface area contributed by atoms with Gasteiger partial charge in [0.2, 0.25) is 5.91 Å². The van der Waals surface area contributed by atoms with Crippen LogP contribution in [0.15, 0.2) is 24.3 Å². The van der Waals surface area contributed by atoms with Gasteiger partial charge >= 0.3 is 12.1 Å². The lowest BCUT2D eigenvalue weighted by Crippen LogP contribution is -2.45. The molecule has 3 atom stereocenters. The molecule has 1 fully saturated rings. The molecule has 1 aromatic rings. The Hall–Kier alpha value is -2.05. The molecule has 1 aliphatic rings. The molecule has 0 bridgehead atoms. The van der Waals surface area contributed by atoms with Gasteiger partial charge in [0.1, 0.15) is 6.04 Å². The number of alkyl halides is 3. The average molecular weight is 329 g/mol. The molecule has 0 saturated heterocycles. The first-order valence-corrected chi connectivity index (χ1v) is 7.31. The van der Waals surface area contributed by atoms with Crippen LogP contribution in [0.3, 0.4) is 0 Å². The van der Waals surface area contributed by atoms with Crippen molar-refractivity contribution < 1.29 is 27.9 Å². The third kappa shape index (κ3) is 4.03. The van der Waals surface area contributed by atoms with E-state index in [1.54, 1.807) is 13.8 Å². The smallest absolute Gasteiger partial charge is 0.416 e. The fraction of sp³-hybridized carbons (Fsp3) is 0.500. The van der Waals surface area contributed by atoms with Gasteiger partial charge in [-0.05, 0) is 36.0 Å². The Balaban J connectivity index is 1.99. The normalized spacial score (nSPS) is 21.8. The molecule has 0 aliphatic heterocycles. The molecule has 0 aromatic heterocycles. The number of hydrogen-bond donors (Lipinski definition) is 2. The van der Waals surface area contributed by atoms with Crippen LogP contribution in [0.5, 0.6) is 0 Å². The Labute approximate surface area is 131 Å². The molecule has 1 aliphatic carbocycles. The number of carbonyl (C=O) groups is 2. The van der Waals surface area contributed by atoms with E-state index < -0.39 is 23.8 Å². The lowest BCUT2D eigenvalue weighted by molar-refractivity contribution is -0.143. The standard InChI is InChI=1S/C16H18F3NO3/c1-8(2)13(15(22)23)20-14(21)12-7-11(12)9-3-5-10(6-4-9)16(17,18)19/h3-6,8,11-13H,7H2,1-2H3,(H,20,21)(H,22,23). The molecule has 126 valence electrons. The lowest BCUT2D eigenvalue weighted by atomic mass is 10.0. The van der Waals surface area contributed by atoms with Crippen LogP contribution in [0.4, 0.5) is 13.2 Å². The van der Waals surface area contributed by atoms with E-state index in [-0.39, 0.29) is 23.7 Å². The number of carboxylic acids is 1. The second-order valence-electron chi connectivity index (χ2n) is 6.14. The number of amides is 1. The van der Waals surface area contributed by atoms with Gasteiger partial charge in [0, 0.05) is 5.92 Å². The van der Waals surface area contributed by atoms with Gasteiger partial charge in [0.05, 0.1) is 5.56 Å². The van der Waals surface area contributed by atoms with Gasteiger partial charge < -0.3 is 10.4 Å². The van der Waals surface area contributed by atoms with Crippen molar-refractivity contribution in [3.63, 3.8) is 0 Å². The van der Waals surface area contributed by atoms with Crippen LogP contribution in [0.1, 0.15) is 37.3 Å². The zero-order valence-electron chi connectivity index (χ0n) is 12.7. The highest BCUT2D eigenvalue weighted by molar-refractivity contribution is 5.87. The molecule has 1 aromatic carbocycles. The maximum Gasteiger partial charge on any atom is 0.416 e. The summed E-state index contributed by atoms with van der Waals surface area (Å²) in [6, 6.07) is 3.78. The molecule has 3 unspecified atom stereocenters. The molecule has 1 saturated carbocycles. The van der Waals surface area contributed by atoms with Crippen LogP contribution in [-0.2, 0) is 15.8 Å². The SMILES string of the molecule is CC(C)C(NC(=O)C1CC1c1ccc(C(F)(F)F)cc1)C(=O)O. The van der Waals surface area contributed by atoms with E-state index in [0.29, 0.717) is 12.0 Å². The predicted molar refractivity (Wildman–Crippen MR) is 76.7 cm³/mol.